The summed E-state index contributed by atoms with van der Waals surface area (Å²) in [6.45, 7) is 5.90. The standard InChI is InChI=1S/C12H21N3O4/c1-6(9(4)16)7(2)11(18)15-8(3)12(19)14-5-10(13)17/h6-8H,5H2,1-4H3,(H2,13,17)(H,14,19)(H,15,18). The summed E-state index contributed by atoms with van der Waals surface area (Å²) in [4.78, 5) is 45.0. The minimum absolute atomic E-state index is 0.0894. The number of amides is 3. The first-order valence-electron chi connectivity index (χ1n) is 6.03. The average molecular weight is 271 g/mol. The zero-order valence-corrected chi connectivity index (χ0v) is 11.6. The minimum Gasteiger partial charge on any atom is -0.368 e. The van der Waals surface area contributed by atoms with E-state index in [2.05, 4.69) is 10.6 Å². The molecule has 0 aliphatic rings. The zero-order chi connectivity index (χ0) is 15.2. The summed E-state index contributed by atoms with van der Waals surface area (Å²) in [7, 11) is 0. The number of carbonyl (C=O) groups is 4. The number of ketones is 1. The van der Waals surface area contributed by atoms with Gasteiger partial charge in [-0.2, -0.15) is 0 Å². The highest BCUT2D eigenvalue weighted by atomic mass is 16.2. The molecule has 0 heterocycles. The number of carbonyl (C=O) groups excluding carboxylic acids is 4. The lowest BCUT2D eigenvalue weighted by Gasteiger charge is -2.20. The largest absolute Gasteiger partial charge is 0.368 e. The Balaban J connectivity index is 4.35. The maximum atomic E-state index is 11.8. The molecule has 3 unspecified atom stereocenters. The van der Waals surface area contributed by atoms with E-state index in [1.807, 2.05) is 0 Å². The van der Waals surface area contributed by atoms with Gasteiger partial charge in [-0.25, -0.2) is 0 Å². The topological polar surface area (TPSA) is 118 Å². The van der Waals surface area contributed by atoms with Crippen LogP contribution in [0, 0.1) is 11.8 Å². The van der Waals surface area contributed by atoms with E-state index in [0.717, 1.165) is 0 Å². The van der Waals surface area contributed by atoms with Gasteiger partial charge in [-0.15, -0.1) is 0 Å². The van der Waals surface area contributed by atoms with Crippen molar-refractivity contribution in [1.82, 2.24) is 10.6 Å². The second kappa shape index (κ2) is 7.50. The fourth-order valence-electron chi connectivity index (χ4n) is 1.32. The van der Waals surface area contributed by atoms with E-state index in [1.54, 1.807) is 13.8 Å². The van der Waals surface area contributed by atoms with Crippen LogP contribution in [-0.4, -0.2) is 36.1 Å². The molecule has 19 heavy (non-hydrogen) atoms. The van der Waals surface area contributed by atoms with Crippen LogP contribution in [0.2, 0.25) is 0 Å². The Morgan fingerprint density at radius 1 is 1.00 bits per heavy atom. The first-order chi connectivity index (χ1) is 8.66. The molecule has 0 saturated carbocycles. The third kappa shape index (κ3) is 5.98. The number of primary amides is 1. The molecule has 0 aromatic heterocycles. The predicted octanol–water partition coefficient (Wildman–Crippen LogP) is -1.05. The second-order valence-electron chi connectivity index (χ2n) is 4.60. The highest BCUT2D eigenvalue weighted by molar-refractivity contribution is 5.92. The number of rotatable bonds is 7. The molecule has 0 bridgehead atoms. The van der Waals surface area contributed by atoms with Gasteiger partial charge in [-0.3, -0.25) is 19.2 Å². The smallest absolute Gasteiger partial charge is 0.242 e. The molecule has 108 valence electrons. The van der Waals surface area contributed by atoms with Gasteiger partial charge in [-0.1, -0.05) is 13.8 Å². The van der Waals surface area contributed by atoms with E-state index in [0.29, 0.717) is 0 Å². The molecule has 0 rings (SSSR count). The molecule has 3 atom stereocenters. The van der Waals surface area contributed by atoms with Crippen LogP contribution >= 0.6 is 0 Å². The third-order valence-corrected chi connectivity index (χ3v) is 2.99. The maximum absolute atomic E-state index is 11.8. The highest BCUT2D eigenvalue weighted by Crippen LogP contribution is 2.12. The minimum atomic E-state index is -0.798. The average Bonchev–Trinajstić information content (AvgIpc) is 2.33. The van der Waals surface area contributed by atoms with Crippen molar-refractivity contribution < 1.29 is 19.2 Å². The summed E-state index contributed by atoms with van der Waals surface area (Å²) < 4.78 is 0. The Kier molecular flexibility index (Phi) is 6.74. The Morgan fingerprint density at radius 2 is 1.53 bits per heavy atom. The van der Waals surface area contributed by atoms with Gasteiger partial charge < -0.3 is 16.4 Å². The molecule has 4 N–H and O–H groups in total. The Labute approximate surface area is 112 Å². The molecule has 0 radical (unpaired) electrons. The molecular formula is C12H21N3O4. The Bertz CT molecular complexity index is 381. The van der Waals surface area contributed by atoms with Crippen molar-refractivity contribution in [2.75, 3.05) is 6.54 Å². The fraction of sp³-hybridized carbons (Fsp3) is 0.667. The summed E-state index contributed by atoms with van der Waals surface area (Å²) in [5, 5.41) is 4.77. The van der Waals surface area contributed by atoms with Crippen LogP contribution < -0.4 is 16.4 Å². The van der Waals surface area contributed by atoms with Crippen LogP contribution in [0.3, 0.4) is 0 Å². The van der Waals surface area contributed by atoms with Crippen molar-refractivity contribution in [3.63, 3.8) is 0 Å². The Hall–Kier alpha value is -1.92. The molecule has 0 aromatic rings. The van der Waals surface area contributed by atoms with Crippen molar-refractivity contribution in [1.29, 1.82) is 0 Å². The van der Waals surface area contributed by atoms with Crippen molar-refractivity contribution in [2.45, 2.75) is 33.7 Å². The monoisotopic (exact) mass is 271 g/mol. The summed E-state index contributed by atoms with van der Waals surface area (Å²) >= 11 is 0. The van der Waals surface area contributed by atoms with E-state index in [4.69, 9.17) is 5.73 Å². The fourth-order valence-corrected chi connectivity index (χ4v) is 1.32. The molecule has 7 nitrogen and oxygen atoms in total. The van der Waals surface area contributed by atoms with E-state index in [-0.39, 0.29) is 18.2 Å². The third-order valence-electron chi connectivity index (χ3n) is 2.99. The first kappa shape index (κ1) is 17.1. The summed E-state index contributed by atoms with van der Waals surface area (Å²) in [5.74, 6) is -2.58. The van der Waals surface area contributed by atoms with Crippen molar-refractivity contribution in [3.8, 4) is 0 Å². The zero-order valence-electron chi connectivity index (χ0n) is 11.6. The Morgan fingerprint density at radius 3 is 1.95 bits per heavy atom. The van der Waals surface area contributed by atoms with Gasteiger partial charge in [0.05, 0.1) is 6.54 Å². The summed E-state index contributed by atoms with van der Waals surface area (Å²) in [6, 6.07) is -0.798. The van der Waals surface area contributed by atoms with Crippen molar-refractivity contribution in [2.24, 2.45) is 17.6 Å². The predicted molar refractivity (Wildman–Crippen MR) is 68.8 cm³/mol. The molecule has 0 spiro atoms. The van der Waals surface area contributed by atoms with Gasteiger partial charge in [0.1, 0.15) is 11.8 Å². The molecule has 0 aliphatic carbocycles. The molecule has 0 fully saturated rings. The normalized spacial score (nSPS) is 14.9. The van der Waals surface area contributed by atoms with Crippen LogP contribution in [0.1, 0.15) is 27.7 Å². The second-order valence-corrected chi connectivity index (χ2v) is 4.60. The lowest BCUT2D eigenvalue weighted by atomic mass is 9.91. The van der Waals surface area contributed by atoms with Crippen molar-refractivity contribution in [3.05, 3.63) is 0 Å². The van der Waals surface area contributed by atoms with Gasteiger partial charge in [0.25, 0.3) is 0 Å². The highest BCUT2D eigenvalue weighted by Gasteiger charge is 2.26. The van der Waals surface area contributed by atoms with Crippen LogP contribution in [-0.2, 0) is 19.2 Å². The number of hydrogen-bond acceptors (Lipinski definition) is 4. The number of hydrogen-bond donors (Lipinski definition) is 3. The number of nitrogens with one attached hydrogen (secondary N) is 2. The number of nitrogens with two attached hydrogens (primary N) is 1. The molecule has 0 saturated heterocycles. The van der Waals surface area contributed by atoms with Gasteiger partial charge in [0, 0.05) is 11.8 Å². The SMILES string of the molecule is CC(=O)C(C)C(C)C(=O)NC(C)C(=O)NCC(N)=O. The molecular weight excluding hydrogens is 250 g/mol. The van der Waals surface area contributed by atoms with E-state index >= 15 is 0 Å². The first-order valence-corrected chi connectivity index (χ1v) is 6.03. The van der Waals surface area contributed by atoms with Gasteiger partial charge >= 0.3 is 0 Å². The van der Waals surface area contributed by atoms with Crippen LogP contribution in [0.15, 0.2) is 0 Å². The molecule has 0 aliphatic heterocycles. The summed E-state index contributed by atoms with van der Waals surface area (Å²) in [6.07, 6.45) is 0. The summed E-state index contributed by atoms with van der Waals surface area (Å²) in [5.41, 5.74) is 4.88. The van der Waals surface area contributed by atoms with Crippen LogP contribution in [0.5, 0.6) is 0 Å². The maximum Gasteiger partial charge on any atom is 0.242 e. The van der Waals surface area contributed by atoms with Crippen LogP contribution in [0.25, 0.3) is 0 Å². The van der Waals surface area contributed by atoms with Crippen molar-refractivity contribution >= 4 is 23.5 Å². The quantitative estimate of drug-likeness (QED) is 0.547. The number of Topliss-reactive ketones (excluding diaryl/α,β-unsaturated/α-hetero) is 1. The molecule has 7 heteroatoms. The van der Waals surface area contributed by atoms with Crippen LogP contribution in [0.4, 0.5) is 0 Å². The van der Waals surface area contributed by atoms with E-state index < -0.39 is 29.7 Å². The van der Waals surface area contributed by atoms with Gasteiger partial charge in [0.15, 0.2) is 0 Å². The van der Waals surface area contributed by atoms with E-state index in [9.17, 15) is 19.2 Å². The molecule has 3 amide bonds. The van der Waals surface area contributed by atoms with E-state index in [1.165, 1.54) is 13.8 Å². The molecule has 0 aromatic carbocycles. The van der Waals surface area contributed by atoms with Gasteiger partial charge in [0.2, 0.25) is 17.7 Å². The van der Waals surface area contributed by atoms with Gasteiger partial charge in [-0.05, 0) is 13.8 Å². The lowest BCUT2D eigenvalue weighted by Crippen LogP contribution is -2.49. The lowest BCUT2D eigenvalue weighted by molar-refractivity contribution is -0.134.